The van der Waals surface area contributed by atoms with Crippen LogP contribution in [-0.4, -0.2) is 55.7 Å². The van der Waals surface area contributed by atoms with Crippen LogP contribution in [0.3, 0.4) is 0 Å². The van der Waals surface area contributed by atoms with Gasteiger partial charge in [0.1, 0.15) is 5.82 Å². The zero-order chi connectivity index (χ0) is 20.6. The molecule has 1 atom stereocenters. The van der Waals surface area contributed by atoms with Gasteiger partial charge in [-0.05, 0) is 36.1 Å². The highest BCUT2D eigenvalue weighted by atomic mass is 16.5. The van der Waals surface area contributed by atoms with Crippen molar-refractivity contribution in [1.29, 1.82) is 0 Å². The van der Waals surface area contributed by atoms with Crippen molar-refractivity contribution < 1.29 is 4.74 Å². The third-order valence-electron chi connectivity index (χ3n) is 5.25. The maximum Gasteiger partial charge on any atom is 0.193 e. The molecule has 2 aromatic rings. The van der Waals surface area contributed by atoms with Crippen LogP contribution in [0.25, 0.3) is 0 Å². The fourth-order valence-corrected chi connectivity index (χ4v) is 3.53. The number of hydrogen-bond acceptors (Lipinski definition) is 4. The molecule has 1 unspecified atom stereocenters. The second-order valence-corrected chi connectivity index (χ2v) is 7.58. The maximum absolute atomic E-state index is 5.61. The Bertz CT molecular complexity index is 788. The van der Waals surface area contributed by atoms with E-state index in [0.29, 0.717) is 6.54 Å². The summed E-state index contributed by atoms with van der Waals surface area (Å²) in [4.78, 5) is 13.5. The van der Waals surface area contributed by atoms with Crippen LogP contribution in [-0.2, 0) is 24.2 Å². The first-order valence-corrected chi connectivity index (χ1v) is 10.4. The number of guanidine groups is 1. The highest BCUT2D eigenvalue weighted by Crippen LogP contribution is 2.15. The first-order valence-electron chi connectivity index (χ1n) is 10.4. The zero-order valence-electron chi connectivity index (χ0n) is 18.1. The van der Waals surface area contributed by atoms with Gasteiger partial charge >= 0.3 is 0 Å². The Morgan fingerprint density at radius 3 is 2.55 bits per heavy atom. The molecule has 6 nitrogen and oxygen atoms in total. The van der Waals surface area contributed by atoms with Gasteiger partial charge < -0.3 is 19.9 Å². The van der Waals surface area contributed by atoms with E-state index in [2.05, 4.69) is 82.4 Å². The van der Waals surface area contributed by atoms with Crippen LogP contribution in [0.5, 0.6) is 0 Å². The number of pyridine rings is 1. The van der Waals surface area contributed by atoms with Crippen molar-refractivity contribution in [2.24, 2.45) is 4.99 Å². The van der Waals surface area contributed by atoms with Crippen molar-refractivity contribution in [2.75, 3.05) is 38.7 Å². The van der Waals surface area contributed by atoms with Crippen LogP contribution in [0.15, 0.2) is 47.6 Å². The molecule has 0 aliphatic carbocycles. The highest BCUT2D eigenvalue weighted by molar-refractivity contribution is 5.79. The number of hydrogen-bond donors (Lipinski definition) is 1. The molecule has 2 heterocycles. The van der Waals surface area contributed by atoms with Gasteiger partial charge in [0.25, 0.3) is 0 Å². The Kier molecular flexibility index (Phi) is 7.47. The van der Waals surface area contributed by atoms with Gasteiger partial charge in [0, 0.05) is 46.5 Å². The van der Waals surface area contributed by atoms with Crippen molar-refractivity contribution in [3.63, 3.8) is 0 Å². The Balaban J connectivity index is 1.53. The van der Waals surface area contributed by atoms with Crippen LogP contribution in [0, 0.1) is 0 Å². The summed E-state index contributed by atoms with van der Waals surface area (Å²) in [5.41, 5.74) is 3.77. The number of aromatic nitrogens is 1. The summed E-state index contributed by atoms with van der Waals surface area (Å²) < 4.78 is 5.61. The molecule has 1 aliphatic rings. The molecule has 0 amide bonds. The van der Waals surface area contributed by atoms with Crippen molar-refractivity contribution in [2.45, 2.75) is 39.5 Å². The first kappa shape index (κ1) is 21.1. The summed E-state index contributed by atoms with van der Waals surface area (Å²) in [7, 11) is 3.88. The number of anilines is 1. The van der Waals surface area contributed by atoms with Gasteiger partial charge in [-0.3, -0.25) is 4.99 Å². The Morgan fingerprint density at radius 2 is 1.93 bits per heavy atom. The SMILES string of the molecule is CCc1ccc(CN(C)C(=NC)NCc2ccc(N3CCOC(C)C3)nc2)cc1. The lowest BCUT2D eigenvalue weighted by Gasteiger charge is -2.32. The van der Waals surface area contributed by atoms with E-state index < -0.39 is 0 Å². The number of aryl methyl sites for hydroxylation is 1. The standard InChI is InChI=1S/C23H33N5O/c1-5-19-6-8-20(9-7-19)17-27(4)23(24-3)26-15-21-10-11-22(25-14-21)28-12-13-29-18(2)16-28/h6-11,14,18H,5,12-13,15-17H2,1-4H3,(H,24,26). The van der Waals surface area contributed by atoms with Gasteiger partial charge in [0.2, 0.25) is 0 Å². The summed E-state index contributed by atoms with van der Waals surface area (Å²) in [5, 5.41) is 3.44. The van der Waals surface area contributed by atoms with Gasteiger partial charge in [0.15, 0.2) is 5.96 Å². The molecule has 1 saturated heterocycles. The molecule has 1 aromatic carbocycles. The molecule has 29 heavy (non-hydrogen) atoms. The average molecular weight is 396 g/mol. The van der Waals surface area contributed by atoms with E-state index in [4.69, 9.17) is 4.74 Å². The third kappa shape index (κ3) is 5.94. The second-order valence-electron chi connectivity index (χ2n) is 7.58. The number of nitrogens with zero attached hydrogens (tertiary/aromatic N) is 4. The lowest BCUT2D eigenvalue weighted by atomic mass is 10.1. The molecule has 1 N–H and O–H groups in total. The summed E-state index contributed by atoms with van der Waals surface area (Å²) in [6, 6.07) is 13.0. The van der Waals surface area contributed by atoms with E-state index >= 15 is 0 Å². The molecular formula is C23H33N5O. The Hall–Kier alpha value is -2.60. The minimum Gasteiger partial charge on any atom is -0.375 e. The van der Waals surface area contributed by atoms with Gasteiger partial charge in [0.05, 0.1) is 12.7 Å². The molecular weight excluding hydrogens is 362 g/mol. The Morgan fingerprint density at radius 1 is 1.21 bits per heavy atom. The number of rotatable bonds is 6. The normalized spacial score (nSPS) is 17.3. The minimum atomic E-state index is 0.254. The smallest absolute Gasteiger partial charge is 0.193 e. The summed E-state index contributed by atoms with van der Waals surface area (Å²) in [5.74, 6) is 1.89. The molecule has 156 valence electrons. The van der Waals surface area contributed by atoms with Crippen LogP contribution in [0.1, 0.15) is 30.5 Å². The number of benzene rings is 1. The van der Waals surface area contributed by atoms with Crippen molar-refractivity contribution in [1.82, 2.24) is 15.2 Å². The molecule has 3 rings (SSSR count). The number of nitrogens with one attached hydrogen (secondary N) is 1. The molecule has 1 aromatic heterocycles. The lowest BCUT2D eigenvalue weighted by Crippen LogP contribution is -2.41. The largest absolute Gasteiger partial charge is 0.375 e. The molecule has 0 bridgehead atoms. The third-order valence-corrected chi connectivity index (χ3v) is 5.25. The van der Waals surface area contributed by atoms with E-state index in [0.717, 1.165) is 50.0 Å². The fourth-order valence-electron chi connectivity index (χ4n) is 3.53. The predicted molar refractivity (Wildman–Crippen MR) is 119 cm³/mol. The van der Waals surface area contributed by atoms with Crippen molar-refractivity contribution >= 4 is 11.8 Å². The maximum atomic E-state index is 5.61. The zero-order valence-corrected chi connectivity index (χ0v) is 18.1. The average Bonchev–Trinajstić information content (AvgIpc) is 2.75. The summed E-state index contributed by atoms with van der Waals surface area (Å²) in [6.07, 6.45) is 3.26. The van der Waals surface area contributed by atoms with Crippen LogP contribution >= 0.6 is 0 Å². The van der Waals surface area contributed by atoms with E-state index in [1.807, 2.05) is 13.2 Å². The molecule has 6 heteroatoms. The fraction of sp³-hybridized carbons (Fsp3) is 0.478. The van der Waals surface area contributed by atoms with Crippen LogP contribution in [0.2, 0.25) is 0 Å². The molecule has 0 spiro atoms. The highest BCUT2D eigenvalue weighted by Gasteiger charge is 2.17. The molecule has 0 saturated carbocycles. The summed E-state index contributed by atoms with van der Waals surface area (Å²) in [6.45, 7) is 8.33. The van der Waals surface area contributed by atoms with Crippen molar-refractivity contribution in [3.8, 4) is 0 Å². The van der Waals surface area contributed by atoms with Gasteiger partial charge in [-0.15, -0.1) is 0 Å². The predicted octanol–water partition coefficient (Wildman–Crippen LogP) is 3.08. The van der Waals surface area contributed by atoms with E-state index in [9.17, 15) is 0 Å². The van der Waals surface area contributed by atoms with Crippen LogP contribution < -0.4 is 10.2 Å². The quantitative estimate of drug-likeness (QED) is 0.602. The van der Waals surface area contributed by atoms with E-state index in [-0.39, 0.29) is 6.10 Å². The number of ether oxygens (including phenoxy) is 1. The first-order chi connectivity index (χ1) is 14.1. The van der Waals surface area contributed by atoms with Gasteiger partial charge in [-0.1, -0.05) is 37.3 Å². The van der Waals surface area contributed by atoms with E-state index in [1.54, 1.807) is 0 Å². The topological polar surface area (TPSA) is 53.0 Å². The monoisotopic (exact) mass is 395 g/mol. The number of aliphatic imine (C=N–C) groups is 1. The second kappa shape index (κ2) is 10.3. The number of morpholine rings is 1. The molecule has 0 radical (unpaired) electrons. The Labute approximate surface area is 174 Å². The van der Waals surface area contributed by atoms with Gasteiger partial charge in [-0.25, -0.2) is 4.98 Å². The van der Waals surface area contributed by atoms with Gasteiger partial charge in [-0.2, -0.15) is 0 Å². The van der Waals surface area contributed by atoms with E-state index in [1.165, 1.54) is 11.1 Å². The molecule has 1 aliphatic heterocycles. The lowest BCUT2D eigenvalue weighted by molar-refractivity contribution is 0.0529. The molecule has 1 fully saturated rings. The van der Waals surface area contributed by atoms with Crippen LogP contribution in [0.4, 0.5) is 5.82 Å². The van der Waals surface area contributed by atoms with Crippen molar-refractivity contribution in [3.05, 3.63) is 59.3 Å². The summed E-state index contributed by atoms with van der Waals surface area (Å²) >= 11 is 0. The minimum absolute atomic E-state index is 0.254.